The maximum absolute atomic E-state index is 13.4. The van der Waals surface area contributed by atoms with Gasteiger partial charge in [0.15, 0.2) is 5.82 Å². The summed E-state index contributed by atoms with van der Waals surface area (Å²) in [7, 11) is 1.90. The minimum absolute atomic E-state index is 0. The third kappa shape index (κ3) is 3.34. The number of hydrogen-bond acceptors (Lipinski definition) is 3. The number of nitrogens with zero attached hydrogens (tertiary/aromatic N) is 5. The Morgan fingerprint density at radius 3 is 2.23 bits per heavy atom. The second-order valence-corrected chi connectivity index (χ2v) is 6.57. The van der Waals surface area contributed by atoms with Gasteiger partial charge < -0.3 is 4.57 Å². The molecule has 0 aliphatic carbocycles. The molecule has 0 amide bonds. The third-order valence-electron chi connectivity index (χ3n) is 4.74. The molecule has 0 bridgehead atoms. The summed E-state index contributed by atoms with van der Waals surface area (Å²) in [5.74, 6) is 0.818. The van der Waals surface area contributed by atoms with Crippen LogP contribution in [0.1, 0.15) is 0 Å². The van der Waals surface area contributed by atoms with Crippen molar-refractivity contribution < 1.29 is 28.9 Å². The summed E-state index contributed by atoms with van der Waals surface area (Å²) in [6.45, 7) is 0. The third-order valence-corrected chi connectivity index (χ3v) is 4.74. The fourth-order valence-electron chi connectivity index (χ4n) is 3.31. The van der Waals surface area contributed by atoms with Gasteiger partial charge in [0.05, 0.1) is 16.9 Å². The average Bonchev–Trinajstić information content (AvgIpc) is 3.31. The van der Waals surface area contributed by atoms with Gasteiger partial charge in [-0.25, -0.2) is 9.37 Å². The first-order chi connectivity index (χ1) is 14.1. The van der Waals surface area contributed by atoms with E-state index in [0.29, 0.717) is 28.7 Å². The summed E-state index contributed by atoms with van der Waals surface area (Å²) in [6, 6.07) is 20.8. The zero-order chi connectivity index (χ0) is 20.0. The molecule has 0 fully saturated rings. The van der Waals surface area contributed by atoms with Crippen molar-refractivity contribution in [2.75, 3.05) is 0 Å². The topological polar surface area (TPSA) is 48.5 Å². The van der Waals surface area contributed by atoms with Crippen LogP contribution in [-0.4, -0.2) is 24.3 Å². The van der Waals surface area contributed by atoms with Gasteiger partial charge in [0.1, 0.15) is 5.82 Å². The summed E-state index contributed by atoms with van der Waals surface area (Å²) in [5.41, 5.74) is 3.01. The predicted molar refractivity (Wildman–Crippen MR) is 105 cm³/mol. The molecule has 3 aromatic carbocycles. The van der Waals surface area contributed by atoms with Crippen molar-refractivity contribution in [1.29, 1.82) is 0 Å². The molecule has 5 rings (SSSR count). The molecule has 0 aliphatic heterocycles. The van der Waals surface area contributed by atoms with Gasteiger partial charge >= 0.3 is 0 Å². The molecule has 8 heteroatoms. The normalized spacial score (nSPS) is 10.9. The Morgan fingerprint density at radius 1 is 0.833 bits per heavy atom. The molecule has 151 valence electrons. The minimum atomic E-state index is -0.388. The zero-order valence-corrected chi connectivity index (χ0v) is 18.1. The Morgan fingerprint density at radius 2 is 1.53 bits per heavy atom. The van der Waals surface area contributed by atoms with Crippen LogP contribution in [0.2, 0.25) is 0 Å². The van der Waals surface area contributed by atoms with E-state index < -0.39 is 0 Å². The van der Waals surface area contributed by atoms with E-state index >= 15 is 0 Å². The molecule has 5 aromatic rings. The van der Waals surface area contributed by atoms with E-state index in [1.165, 1.54) is 24.3 Å². The van der Waals surface area contributed by atoms with Crippen molar-refractivity contribution >= 4 is 11.0 Å². The van der Waals surface area contributed by atoms with Crippen LogP contribution in [0.4, 0.5) is 8.78 Å². The minimum Gasteiger partial charge on any atom is -0.313 e. The molecule has 0 unspecified atom stereocenters. The van der Waals surface area contributed by atoms with Crippen molar-refractivity contribution in [3.05, 3.63) is 84.4 Å². The molecular formula is C22H14F2IrN5-. The molecule has 0 N–H and O–H groups in total. The van der Waals surface area contributed by atoms with Crippen molar-refractivity contribution in [2.24, 2.45) is 7.05 Å². The van der Waals surface area contributed by atoms with Crippen LogP contribution in [0.3, 0.4) is 0 Å². The van der Waals surface area contributed by atoms with Gasteiger partial charge in [-0.05, 0) is 36.4 Å². The van der Waals surface area contributed by atoms with Gasteiger partial charge in [0, 0.05) is 38.5 Å². The summed E-state index contributed by atoms with van der Waals surface area (Å²) < 4.78 is 30.6. The van der Waals surface area contributed by atoms with Gasteiger partial charge in [0.25, 0.3) is 0 Å². The fourth-order valence-corrected chi connectivity index (χ4v) is 3.31. The first kappa shape index (κ1) is 20.1. The number of aryl methyl sites for hydroxylation is 1. The maximum Gasteiger partial charge on any atom is 0.209 e. The van der Waals surface area contributed by atoms with Crippen LogP contribution in [-0.2, 0) is 27.2 Å². The van der Waals surface area contributed by atoms with E-state index in [9.17, 15) is 8.78 Å². The van der Waals surface area contributed by atoms with Crippen LogP contribution in [0.25, 0.3) is 39.8 Å². The molecule has 1 radical (unpaired) electrons. The molecule has 0 spiro atoms. The van der Waals surface area contributed by atoms with Crippen LogP contribution < -0.4 is 0 Å². The SMILES string of the molecule is Cn1c(-n2c(-c3[c-]cc(F)cc3)nnc2-c2ccc(F)cc2)nc2ccccc21.[Ir]. The van der Waals surface area contributed by atoms with E-state index in [1.807, 2.05) is 35.9 Å². The number of imidazole rings is 1. The van der Waals surface area contributed by atoms with Gasteiger partial charge in [-0.2, -0.15) is 5.10 Å². The Labute approximate surface area is 184 Å². The fraction of sp³-hybridized carbons (Fsp3) is 0.0455. The van der Waals surface area contributed by atoms with E-state index in [0.717, 1.165) is 11.0 Å². The molecule has 2 heterocycles. The van der Waals surface area contributed by atoms with E-state index in [1.54, 1.807) is 22.8 Å². The number of benzene rings is 3. The van der Waals surface area contributed by atoms with E-state index in [4.69, 9.17) is 4.98 Å². The predicted octanol–water partition coefficient (Wildman–Crippen LogP) is 4.56. The quantitative estimate of drug-likeness (QED) is 0.295. The van der Waals surface area contributed by atoms with Gasteiger partial charge in [-0.15, -0.1) is 34.9 Å². The molecule has 0 saturated carbocycles. The largest absolute Gasteiger partial charge is 0.313 e. The number of para-hydroxylation sites is 2. The Kier molecular flexibility index (Phi) is 5.28. The van der Waals surface area contributed by atoms with Crippen LogP contribution in [0.5, 0.6) is 0 Å². The first-order valence-corrected chi connectivity index (χ1v) is 8.92. The molecule has 0 atom stereocenters. The monoisotopic (exact) mass is 579 g/mol. The van der Waals surface area contributed by atoms with Crippen molar-refractivity contribution in [3.8, 4) is 28.7 Å². The van der Waals surface area contributed by atoms with Gasteiger partial charge in [-0.1, -0.05) is 12.1 Å². The molecule has 5 nitrogen and oxygen atoms in total. The van der Waals surface area contributed by atoms with Gasteiger partial charge in [-0.3, -0.25) is 8.96 Å². The van der Waals surface area contributed by atoms with Crippen LogP contribution >= 0.6 is 0 Å². The second-order valence-electron chi connectivity index (χ2n) is 6.57. The Balaban J connectivity index is 0.00000218. The summed E-state index contributed by atoms with van der Waals surface area (Å²) >= 11 is 0. The second kappa shape index (κ2) is 7.89. The zero-order valence-electron chi connectivity index (χ0n) is 15.7. The Bertz CT molecular complexity index is 1260. The number of hydrogen-bond donors (Lipinski definition) is 0. The average molecular weight is 579 g/mol. The van der Waals surface area contributed by atoms with Gasteiger partial charge in [0.2, 0.25) is 5.95 Å². The molecule has 30 heavy (non-hydrogen) atoms. The molecule has 0 aliphatic rings. The van der Waals surface area contributed by atoms with E-state index in [2.05, 4.69) is 16.3 Å². The van der Waals surface area contributed by atoms with Crippen molar-refractivity contribution in [1.82, 2.24) is 24.3 Å². The van der Waals surface area contributed by atoms with Crippen LogP contribution in [0, 0.1) is 17.7 Å². The summed E-state index contributed by atoms with van der Waals surface area (Å²) in [5, 5.41) is 8.64. The number of rotatable bonds is 3. The first-order valence-electron chi connectivity index (χ1n) is 8.92. The van der Waals surface area contributed by atoms with E-state index in [-0.39, 0.29) is 31.7 Å². The smallest absolute Gasteiger partial charge is 0.209 e. The summed E-state index contributed by atoms with van der Waals surface area (Å²) in [4.78, 5) is 4.75. The van der Waals surface area contributed by atoms with Crippen molar-refractivity contribution in [2.45, 2.75) is 0 Å². The maximum atomic E-state index is 13.4. The Hall–Kier alpha value is -3.22. The number of fused-ring (bicyclic) bond motifs is 1. The molecule has 0 saturated heterocycles. The molecule has 2 aromatic heterocycles. The number of aromatic nitrogens is 5. The van der Waals surface area contributed by atoms with Crippen LogP contribution in [0.15, 0.2) is 66.7 Å². The molecular weight excluding hydrogens is 564 g/mol. The van der Waals surface area contributed by atoms with Crippen molar-refractivity contribution in [3.63, 3.8) is 0 Å². The standard InChI is InChI=1S/C22H14F2N5.Ir/c1-28-19-5-3-2-4-18(19)25-22(28)29-20(14-6-10-16(23)11-7-14)26-27-21(29)15-8-12-17(24)13-9-15;/h2-8,10-13H,1H3;/q-1;. The summed E-state index contributed by atoms with van der Waals surface area (Å²) in [6.07, 6.45) is 0. The number of halogens is 2.